The summed E-state index contributed by atoms with van der Waals surface area (Å²) in [7, 11) is 1.18. The van der Waals surface area contributed by atoms with Crippen LogP contribution in [0.4, 0.5) is 5.69 Å². The first-order valence-electron chi connectivity index (χ1n) is 12.6. The maximum absolute atomic E-state index is 6.82. The Labute approximate surface area is 211 Å². The van der Waals surface area contributed by atoms with Crippen molar-refractivity contribution >= 4 is 35.4 Å². The van der Waals surface area contributed by atoms with Crippen molar-refractivity contribution in [2.75, 3.05) is 12.8 Å². The van der Waals surface area contributed by atoms with E-state index in [2.05, 4.69) is 60.2 Å². The predicted octanol–water partition coefficient (Wildman–Crippen LogP) is 4.65. The summed E-state index contributed by atoms with van der Waals surface area (Å²) >= 11 is 0. The van der Waals surface area contributed by atoms with E-state index in [1.165, 1.54) is 0 Å². The highest BCUT2D eigenvalue weighted by Gasteiger charge is 2.63. The number of aromatic nitrogens is 2. The molecule has 3 heterocycles. The van der Waals surface area contributed by atoms with Gasteiger partial charge >= 0.3 is 7.12 Å². The second kappa shape index (κ2) is 8.42. The van der Waals surface area contributed by atoms with Gasteiger partial charge in [0.25, 0.3) is 0 Å². The van der Waals surface area contributed by atoms with Crippen LogP contribution in [0.1, 0.15) is 51.6 Å². The highest BCUT2D eigenvalue weighted by molar-refractivity contribution is 6.63. The number of ether oxygens (including phenoxy) is 1. The third-order valence-corrected chi connectivity index (χ3v) is 8.30. The van der Waals surface area contributed by atoms with E-state index in [1.54, 1.807) is 13.3 Å². The summed E-state index contributed by atoms with van der Waals surface area (Å²) in [5.41, 5.74) is 10.8. The number of hydrogen-bond acceptors (Lipinski definition) is 7. The molecule has 36 heavy (non-hydrogen) atoms. The molecule has 0 radical (unpaired) electrons. The van der Waals surface area contributed by atoms with Gasteiger partial charge in [0.05, 0.1) is 41.8 Å². The van der Waals surface area contributed by atoms with Crippen LogP contribution in [0.3, 0.4) is 0 Å². The fourth-order valence-corrected chi connectivity index (χ4v) is 6.37. The maximum Gasteiger partial charge on any atom is 0.498 e. The SMILES string of the molecule is COc1cc(C2C=CC=N2)c(-c2ccc3c(N)cnnc3c2)cc1B1O[C@]2(C(C)C)CCC[C@]2(C)O1. The lowest BCUT2D eigenvalue weighted by Crippen LogP contribution is -2.49. The molecular weight excluding hydrogens is 451 g/mol. The summed E-state index contributed by atoms with van der Waals surface area (Å²) < 4.78 is 19.5. The summed E-state index contributed by atoms with van der Waals surface area (Å²) in [5.74, 6) is 1.07. The summed E-state index contributed by atoms with van der Waals surface area (Å²) in [6, 6.07) is 10.2. The molecular formula is C28H31BN4O3. The molecule has 1 aromatic heterocycles. The molecule has 6 rings (SSSR count). The Morgan fingerprint density at radius 3 is 2.75 bits per heavy atom. The Kier molecular flexibility index (Phi) is 5.43. The number of anilines is 1. The minimum atomic E-state index is -0.515. The van der Waals surface area contributed by atoms with Gasteiger partial charge in [-0.1, -0.05) is 32.1 Å². The van der Waals surface area contributed by atoms with Crippen LogP contribution in [-0.2, 0) is 9.31 Å². The Hall–Kier alpha value is -3.23. The zero-order chi connectivity index (χ0) is 25.1. The molecule has 0 bridgehead atoms. The van der Waals surface area contributed by atoms with E-state index in [0.717, 1.165) is 58.1 Å². The summed E-state index contributed by atoms with van der Waals surface area (Å²) in [4.78, 5) is 4.66. The minimum Gasteiger partial charge on any atom is -0.497 e. The number of fused-ring (bicyclic) bond motifs is 2. The lowest BCUT2D eigenvalue weighted by atomic mass is 9.75. The molecule has 184 valence electrons. The van der Waals surface area contributed by atoms with Crippen molar-refractivity contribution in [2.24, 2.45) is 10.9 Å². The van der Waals surface area contributed by atoms with E-state index < -0.39 is 7.12 Å². The highest BCUT2D eigenvalue weighted by atomic mass is 16.7. The van der Waals surface area contributed by atoms with Gasteiger partial charge in [0, 0.05) is 17.1 Å². The van der Waals surface area contributed by atoms with Crippen LogP contribution in [0.25, 0.3) is 22.0 Å². The molecule has 1 unspecified atom stereocenters. The van der Waals surface area contributed by atoms with Crippen LogP contribution in [-0.4, -0.2) is 41.8 Å². The van der Waals surface area contributed by atoms with Crippen molar-refractivity contribution in [2.45, 2.75) is 57.3 Å². The third-order valence-electron chi connectivity index (χ3n) is 8.30. The topological polar surface area (TPSA) is 91.9 Å². The second-order valence-corrected chi connectivity index (χ2v) is 10.5. The van der Waals surface area contributed by atoms with Gasteiger partial charge in [-0.05, 0) is 73.1 Å². The molecule has 2 aliphatic heterocycles. The zero-order valence-electron chi connectivity index (χ0n) is 21.2. The third kappa shape index (κ3) is 3.39. The van der Waals surface area contributed by atoms with Crippen LogP contribution in [0.15, 0.2) is 53.7 Å². The molecule has 0 spiro atoms. The molecule has 3 aromatic rings. The molecule has 7 nitrogen and oxygen atoms in total. The van der Waals surface area contributed by atoms with Gasteiger partial charge in [-0.2, -0.15) is 10.2 Å². The average Bonchev–Trinajstić information content (AvgIpc) is 3.57. The fraction of sp³-hybridized carbons (Fsp3) is 0.393. The standard InChI is InChI=1S/C28H31BN4O3/c1-17(2)28-11-6-10-27(28,3)35-29(36-28)22-14-20(21(15-26(22)34-4)24-7-5-12-31-24)18-8-9-19-23(30)16-32-33-25(19)13-18/h5,7-9,12-17,24H,6,10-11H2,1-4H3,(H2,30,33)/t24?,27-,28-/m0/s1. The van der Waals surface area contributed by atoms with Gasteiger partial charge < -0.3 is 19.8 Å². The quantitative estimate of drug-likeness (QED) is 0.533. The molecule has 2 fully saturated rings. The summed E-state index contributed by atoms with van der Waals surface area (Å²) in [6.07, 6.45) is 10.6. The number of allylic oxidation sites excluding steroid dienone is 1. The van der Waals surface area contributed by atoms with Crippen molar-refractivity contribution in [1.29, 1.82) is 0 Å². The maximum atomic E-state index is 6.82. The molecule has 3 aliphatic rings. The lowest BCUT2D eigenvalue weighted by Gasteiger charge is -2.39. The van der Waals surface area contributed by atoms with Crippen LogP contribution in [0, 0.1) is 5.92 Å². The molecule has 8 heteroatoms. The number of methoxy groups -OCH3 is 1. The van der Waals surface area contributed by atoms with Crippen molar-refractivity contribution in [3.05, 3.63) is 54.2 Å². The van der Waals surface area contributed by atoms with E-state index in [-0.39, 0.29) is 17.2 Å². The average molecular weight is 482 g/mol. The summed E-state index contributed by atoms with van der Waals surface area (Å²) in [5, 5.41) is 9.25. The van der Waals surface area contributed by atoms with Crippen LogP contribution in [0.5, 0.6) is 5.75 Å². The van der Waals surface area contributed by atoms with Crippen molar-refractivity contribution in [3.8, 4) is 16.9 Å². The Morgan fingerprint density at radius 1 is 1.17 bits per heavy atom. The fourth-order valence-electron chi connectivity index (χ4n) is 6.37. The minimum absolute atomic E-state index is 0.102. The number of nitrogen functional groups attached to an aromatic ring is 1. The molecule has 1 saturated carbocycles. The Morgan fingerprint density at radius 2 is 2.03 bits per heavy atom. The Balaban J connectivity index is 1.51. The number of nitrogens with two attached hydrogens (primary N) is 1. The lowest BCUT2D eigenvalue weighted by molar-refractivity contribution is -0.0438. The first kappa shape index (κ1) is 23.2. The van der Waals surface area contributed by atoms with Gasteiger partial charge in [-0.25, -0.2) is 0 Å². The highest BCUT2D eigenvalue weighted by Crippen LogP contribution is 2.53. The predicted molar refractivity (Wildman–Crippen MR) is 144 cm³/mol. The summed E-state index contributed by atoms with van der Waals surface area (Å²) in [6.45, 7) is 6.66. The van der Waals surface area contributed by atoms with Crippen molar-refractivity contribution in [3.63, 3.8) is 0 Å². The number of nitrogens with zero attached hydrogens (tertiary/aromatic N) is 3. The molecule has 2 aromatic carbocycles. The zero-order valence-corrected chi connectivity index (χ0v) is 21.2. The van der Waals surface area contributed by atoms with Crippen LogP contribution in [0.2, 0.25) is 0 Å². The van der Waals surface area contributed by atoms with Gasteiger partial charge in [0.1, 0.15) is 5.75 Å². The van der Waals surface area contributed by atoms with Crippen LogP contribution >= 0.6 is 0 Å². The van der Waals surface area contributed by atoms with E-state index in [4.69, 9.17) is 19.8 Å². The van der Waals surface area contributed by atoms with E-state index in [0.29, 0.717) is 11.6 Å². The van der Waals surface area contributed by atoms with Gasteiger partial charge in [0.15, 0.2) is 0 Å². The monoisotopic (exact) mass is 482 g/mol. The molecule has 3 atom stereocenters. The number of hydrogen-bond donors (Lipinski definition) is 1. The van der Waals surface area contributed by atoms with Crippen molar-refractivity contribution in [1.82, 2.24) is 10.2 Å². The van der Waals surface area contributed by atoms with Crippen LogP contribution < -0.4 is 15.9 Å². The normalized spacial score (nSPS) is 26.9. The number of rotatable bonds is 5. The van der Waals surface area contributed by atoms with Gasteiger partial charge in [0.2, 0.25) is 0 Å². The number of aliphatic imine (C=N–C) groups is 1. The molecule has 0 amide bonds. The van der Waals surface area contributed by atoms with Gasteiger partial charge in [-0.15, -0.1) is 0 Å². The smallest absolute Gasteiger partial charge is 0.497 e. The molecule has 1 saturated heterocycles. The second-order valence-electron chi connectivity index (χ2n) is 10.5. The molecule has 2 N–H and O–H groups in total. The first-order valence-corrected chi connectivity index (χ1v) is 12.6. The van der Waals surface area contributed by atoms with E-state index in [1.807, 2.05) is 24.4 Å². The van der Waals surface area contributed by atoms with E-state index >= 15 is 0 Å². The van der Waals surface area contributed by atoms with E-state index in [9.17, 15) is 0 Å². The van der Waals surface area contributed by atoms with Crippen molar-refractivity contribution < 1.29 is 14.0 Å². The molecule has 1 aliphatic carbocycles. The Bertz CT molecular complexity index is 1400. The largest absolute Gasteiger partial charge is 0.498 e. The van der Waals surface area contributed by atoms with Gasteiger partial charge in [-0.3, -0.25) is 4.99 Å². The number of benzene rings is 2. The first-order chi connectivity index (χ1) is 17.3.